The van der Waals surface area contributed by atoms with Crippen molar-refractivity contribution in [2.24, 2.45) is 0 Å². The third-order valence-corrected chi connectivity index (χ3v) is 4.37. The van der Waals surface area contributed by atoms with Crippen molar-refractivity contribution in [3.8, 4) is 0 Å². The topological polar surface area (TPSA) is 48.1 Å². The first kappa shape index (κ1) is 17.3. The fourth-order valence-electron chi connectivity index (χ4n) is 2.94. The molecular formula is C19H19ClFN3O. The van der Waals surface area contributed by atoms with Gasteiger partial charge in [0.25, 0.3) is 0 Å². The van der Waals surface area contributed by atoms with Crippen molar-refractivity contribution in [3.05, 3.63) is 58.5 Å². The first-order valence-electron chi connectivity index (χ1n) is 7.88. The highest BCUT2D eigenvalue weighted by molar-refractivity contribution is 6.31. The van der Waals surface area contributed by atoms with E-state index in [0.29, 0.717) is 10.7 Å². The van der Waals surface area contributed by atoms with Crippen molar-refractivity contribution in [2.75, 3.05) is 24.3 Å². The van der Waals surface area contributed by atoms with Gasteiger partial charge in [-0.3, -0.25) is 4.79 Å². The van der Waals surface area contributed by atoms with Gasteiger partial charge in [-0.05, 0) is 48.9 Å². The molecule has 1 heterocycles. The van der Waals surface area contributed by atoms with Crippen LogP contribution in [-0.4, -0.2) is 25.0 Å². The van der Waals surface area contributed by atoms with E-state index in [-0.39, 0.29) is 18.1 Å². The lowest BCUT2D eigenvalue weighted by atomic mass is 10.1. The Morgan fingerprint density at radius 1 is 1.24 bits per heavy atom. The maximum absolute atomic E-state index is 13.6. The van der Waals surface area contributed by atoms with Crippen molar-refractivity contribution in [2.45, 2.75) is 13.3 Å². The minimum atomic E-state index is -0.321. The molecule has 0 atom stereocenters. The van der Waals surface area contributed by atoms with Gasteiger partial charge >= 0.3 is 0 Å². The highest BCUT2D eigenvalue weighted by Crippen LogP contribution is 2.29. The number of aryl methyl sites for hydroxylation is 1. The normalized spacial score (nSPS) is 10.9. The Morgan fingerprint density at radius 2 is 2.00 bits per heavy atom. The molecule has 0 saturated heterocycles. The van der Waals surface area contributed by atoms with Gasteiger partial charge in [-0.15, -0.1) is 0 Å². The number of aromatic amines is 1. The lowest BCUT2D eigenvalue weighted by Gasteiger charge is -2.18. The molecular weight excluding hydrogens is 341 g/mol. The number of nitrogens with zero attached hydrogens (tertiary/aromatic N) is 1. The molecule has 0 unspecified atom stereocenters. The van der Waals surface area contributed by atoms with Gasteiger partial charge in [-0.2, -0.15) is 0 Å². The van der Waals surface area contributed by atoms with Gasteiger partial charge in [0.15, 0.2) is 0 Å². The predicted molar refractivity (Wildman–Crippen MR) is 101 cm³/mol. The molecule has 4 nitrogen and oxygen atoms in total. The average Bonchev–Trinajstić information content (AvgIpc) is 2.82. The van der Waals surface area contributed by atoms with Crippen molar-refractivity contribution >= 4 is 39.8 Å². The molecule has 0 saturated carbocycles. The van der Waals surface area contributed by atoms with E-state index in [4.69, 9.17) is 11.6 Å². The summed E-state index contributed by atoms with van der Waals surface area (Å²) in [5.74, 6) is -0.503. The van der Waals surface area contributed by atoms with Gasteiger partial charge in [-0.25, -0.2) is 4.39 Å². The summed E-state index contributed by atoms with van der Waals surface area (Å²) in [6.45, 7) is 1.88. The molecule has 1 amide bonds. The van der Waals surface area contributed by atoms with E-state index >= 15 is 0 Å². The Balaban J connectivity index is 1.88. The number of rotatable bonds is 4. The SMILES string of the molecule is Cc1[nH]c2ccc(F)cc2c1CC(=O)Nc1cc(Cl)ccc1N(C)C. The van der Waals surface area contributed by atoms with Crippen LogP contribution in [0.1, 0.15) is 11.3 Å². The number of aromatic nitrogens is 1. The van der Waals surface area contributed by atoms with E-state index in [0.717, 1.165) is 27.8 Å². The molecule has 0 aliphatic carbocycles. The molecule has 0 aliphatic rings. The van der Waals surface area contributed by atoms with Crippen LogP contribution in [-0.2, 0) is 11.2 Å². The molecule has 3 aromatic rings. The van der Waals surface area contributed by atoms with Gasteiger partial charge in [0, 0.05) is 35.7 Å². The Labute approximate surface area is 150 Å². The van der Waals surface area contributed by atoms with Gasteiger partial charge in [0.2, 0.25) is 5.91 Å². The van der Waals surface area contributed by atoms with Crippen LogP contribution in [0.5, 0.6) is 0 Å². The fourth-order valence-corrected chi connectivity index (χ4v) is 3.11. The number of benzene rings is 2. The van der Waals surface area contributed by atoms with Gasteiger partial charge in [0.05, 0.1) is 17.8 Å². The zero-order valence-corrected chi connectivity index (χ0v) is 15.0. The molecule has 0 aliphatic heterocycles. The van der Waals surface area contributed by atoms with Crippen LogP contribution in [0.2, 0.25) is 5.02 Å². The van der Waals surface area contributed by atoms with Crippen molar-refractivity contribution in [1.82, 2.24) is 4.98 Å². The quantitative estimate of drug-likeness (QED) is 0.719. The number of hydrogen-bond acceptors (Lipinski definition) is 2. The summed E-state index contributed by atoms with van der Waals surface area (Å²) in [7, 11) is 3.79. The maximum atomic E-state index is 13.6. The lowest BCUT2D eigenvalue weighted by molar-refractivity contribution is -0.115. The molecule has 3 rings (SSSR count). The molecule has 0 fully saturated rings. The summed E-state index contributed by atoms with van der Waals surface area (Å²) in [5, 5.41) is 4.18. The number of anilines is 2. The first-order chi connectivity index (χ1) is 11.8. The molecule has 0 spiro atoms. The summed E-state index contributed by atoms with van der Waals surface area (Å²) in [6.07, 6.45) is 0.147. The van der Waals surface area contributed by atoms with Gasteiger partial charge in [-0.1, -0.05) is 11.6 Å². The molecule has 0 bridgehead atoms. The highest BCUT2D eigenvalue weighted by atomic mass is 35.5. The number of carbonyl (C=O) groups excluding carboxylic acids is 1. The Hall–Kier alpha value is -2.53. The number of amides is 1. The van der Waals surface area contributed by atoms with Crippen molar-refractivity contribution in [3.63, 3.8) is 0 Å². The second kappa shape index (κ2) is 6.76. The Kier molecular flexibility index (Phi) is 4.68. The second-order valence-electron chi connectivity index (χ2n) is 6.20. The number of H-pyrrole nitrogens is 1. The van der Waals surface area contributed by atoms with E-state index in [9.17, 15) is 9.18 Å². The fraction of sp³-hybridized carbons (Fsp3) is 0.211. The van der Waals surface area contributed by atoms with Crippen LogP contribution in [0.25, 0.3) is 10.9 Å². The number of halogens is 2. The summed E-state index contributed by atoms with van der Waals surface area (Å²) in [5.41, 5.74) is 3.97. The zero-order chi connectivity index (χ0) is 18.1. The van der Waals surface area contributed by atoms with Gasteiger partial charge < -0.3 is 15.2 Å². The van der Waals surface area contributed by atoms with Crippen LogP contribution < -0.4 is 10.2 Å². The number of hydrogen-bond donors (Lipinski definition) is 2. The minimum Gasteiger partial charge on any atom is -0.376 e. The summed E-state index contributed by atoms with van der Waals surface area (Å²) >= 11 is 6.05. The highest BCUT2D eigenvalue weighted by Gasteiger charge is 2.15. The largest absolute Gasteiger partial charge is 0.376 e. The molecule has 6 heteroatoms. The summed E-state index contributed by atoms with van der Waals surface area (Å²) in [6, 6.07) is 9.88. The van der Waals surface area contributed by atoms with Crippen molar-refractivity contribution < 1.29 is 9.18 Å². The van der Waals surface area contributed by atoms with E-state index < -0.39 is 0 Å². The molecule has 0 radical (unpaired) electrons. The zero-order valence-electron chi connectivity index (χ0n) is 14.3. The average molecular weight is 360 g/mol. The lowest BCUT2D eigenvalue weighted by Crippen LogP contribution is -2.18. The van der Waals surface area contributed by atoms with Crippen molar-refractivity contribution in [1.29, 1.82) is 0 Å². The molecule has 2 aromatic carbocycles. The van der Waals surface area contributed by atoms with E-state index in [1.165, 1.54) is 12.1 Å². The smallest absolute Gasteiger partial charge is 0.228 e. The molecule has 130 valence electrons. The summed E-state index contributed by atoms with van der Waals surface area (Å²) < 4.78 is 13.6. The minimum absolute atomic E-state index is 0.147. The van der Waals surface area contributed by atoms with Crippen LogP contribution in [0.4, 0.5) is 15.8 Å². The summed E-state index contributed by atoms with van der Waals surface area (Å²) in [4.78, 5) is 17.7. The Bertz CT molecular complexity index is 949. The molecule has 1 aromatic heterocycles. The monoisotopic (exact) mass is 359 g/mol. The first-order valence-corrected chi connectivity index (χ1v) is 8.26. The van der Waals surface area contributed by atoms with E-state index in [1.54, 1.807) is 18.2 Å². The van der Waals surface area contributed by atoms with Crippen LogP contribution in [0.3, 0.4) is 0 Å². The third kappa shape index (κ3) is 3.61. The number of fused-ring (bicyclic) bond motifs is 1. The number of nitrogens with one attached hydrogen (secondary N) is 2. The Morgan fingerprint density at radius 3 is 2.72 bits per heavy atom. The maximum Gasteiger partial charge on any atom is 0.228 e. The molecule has 25 heavy (non-hydrogen) atoms. The third-order valence-electron chi connectivity index (χ3n) is 4.13. The standard InChI is InChI=1S/C19H19ClFN3O/c1-11-14(15-9-13(21)5-6-16(15)22-11)10-19(25)23-17-8-12(20)4-7-18(17)24(2)3/h4-9,22H,10H2,1-3H3,(H,23,25). The van der Waals surface area contributed by atoms with Crippen LogP contribution in [0.15, 0.2) is 36.4 Å². The van der Waals surface area contributed by atoms with Crippen LogP contribution >= 0.6 is 11.6 Å². The molecule has 2 N–H and O–H groups in total. The van der Waals surface area contributed by atoms with E-state index in [1.807, 2.05) is 32.0 Å². The number of carbonyl (C=O) groups is 1. The van der Waals surface area contributed by atoms with E-state index in [2.05, 4.69) is 10.3 Å². The second-order valence-corrected chi connectivity index (χ2v) is 6.64. The predicted octanol–water partition coefficient (Wildman–Crippen LogP) is 4.52. The van der Waals surface area contributed by atoms with Gasteiger partial charge in [0.1, 0.15) is 5.82 Å². The van der Waals surface area contributed by atoms with Crippen LogP contribution in [0, 0.1) is 12.7 Å².